The molecule has 74 valence electrons. The Morgan fingerprint density at radius 1 is 1.23 bits per heavy atom. The molecule has 0 bridgehead atoms. The molecule has 0 spiro atoms. The van der Waals surface area contributed by atoms with E-state index in [-0.39, 0.29) is 0 Å². The molecule has 1 rings (SSSR count). The topological polar surface area (TPSA) is 39.1 Å². The number of hydrogen-bond donors (Lipinski definition) is 0. The number of carbonyl (C=O) groups is 2. The van der Waals surface area contributed by atoms with Crippen LogP contribution in [-0.4, -0.2) is 13.1 Å². The molecule has 0 aromatic carbocycles. The molecule has 0 atom stereocenters. The number of nitrogens with zero attached hydrogens (tertiary/aromatic N) is 1. The number of rotatable bonds is 3. The van der Waals surface area contributed by atoms with Gasteiger partial charge >= 0.3 is 83.7 Å². The van der Waals surface area contributed by atoms with E-state index in [2.05, 4.69) is 0 Å². The van der Waals surface area contributed by atoms with Crippen LogP contribution in [0.15, 0.2) is 12.1 Å². The zero-order valence-corrected chi connectivity index (χ0v) is 9.80. The van der Waals surface area contributed by atoms with Gasteiger partial charge < -0.3 is 0 Å². The van der Waals surface area contributed by atoms with E-state index < -0.39 is 14.0 Å². The van der Waals surface area contributed by atoms with Crippen LogP contribution in [0.3, 0.4) is 0 Å². The minimum absolute atomic E-state index is 0.602. The molecule has 0 fully saturated rings. The van der Waals surface area contributed by atoms with E-state index in [1.807, 2.05) is 26.0 Å². The van der Waals surface area contributed by atoms with Gasteiger partial charge in [-0.3, -0.25) is 0 Å². The number of carbonyl (C=O) groups excluding carboxylic acids is 2. The molecule has 1 aromatic rings. The van der Waals surface area contributed by atoms with Crippen LogP contribution in [0, 0.1) is 13.8 Å². The van der Waals surface area contributed by atoms with Gasteiger partial charge in [0.1, 0.15) is 0 Å². The van der Waals surface area contributed by atoms with Crippen molar-refractivity contribution in [2.75, 3.05) is 0 Å². The van der Waals surface area contributed by atoms with Crippen molar-refractivity contribution in [2.24, 2.45) is 0 Å². The third-order valence-electron chi connectivity index (χ3n) is 1.64. The van der Waals surface area contributed by atoms with E-state index in [4.69, 9.17) is 9.69 Å². The second-order valence-electron chi connectivity index (χ2n) is 2.57. The Kier molecular flexibility index (Phi) is 3.04. The van der Waals surface area contributed by atoms with Crippen molar-refractivity contribution in [3.05, 3.63) is 23.5 Å². The van der Waals surface area contributed by atoms with Crippen LogP contribution in [0.2, 0.25) is 0 Å². The maximum absolute atomic E-state index is 10.8. The summed E-state index contributed by atoms with van der Waals surface area (Å²) in [4.78, 5) is 22.7. The molecule has 0 unspecified atom stereocenters. The third kappa shape index (κ3) is 1.74. The molecule has 0 aliphatic rings. The molecule has 0 saturated carbocycles. The maximum atomic E-state index is 10.8. The normalized spacial score (nSPS) is 12.5. The summed E-state index contributed by atoms with van der Waals surface area (Å²) in [6.07, 6.45) is 0. The summed E-state index contributed by atoms with van der Waals surface area (Å²) in [7, 11) is 5.98. The van der Waals surface area contributed by atoms with Gasteiger partial charge in [-0.1, -0.05) is 0 Å². The summed E-state index contributed by atoms with van der Waals surface area (Å²) in [6, 6.07) is 3.70. The molecule has 0 saturated heterocycles. The predicted molar refractivity (Wildman–Crippen MR) is 48.7 cm³/mol. The van der Waals surface area contributed by atoms with Crippen molar-refractivity contribution < 1.29 is 23.6 Å². The van der Waals surface area contributed by atoms with Gasteiger partial charge in [-0.15, -0.1) is 0 Å². The average molecular weight is 289 g/mol. The van der Waals surface area contributed by atoms with Crippen LogP contribution in [0.1, 0.15) is 11.4 Å². The summed E-state index contributed by atoms with van der Waals surface area (Å²) in [5.74, 6) is 0. The molecule has 0 radical (unpaired) electrons. The standard InChI is InChI=1S/C6H8N.2CHO.ClH.Ru/c1-5-3-4-6(2)7-5;2*1-2;;/h3-4H,1-2H3;2*1H;1H;/q-1;;;;+2/p-1. The monoisotopic (exact) mass is 289 g/mol. The first kappa shape index (κ1) is 10.6. The van der Waals surface area contributed by atoms with E-state index in [0.29, 0.717) is 9.76 Å². The number of hydrogen-bond acceptors (Lipinski definition) is 2. The summed E-state index contributed by atoms with van der Waals surface area (Å²) < 4.78 is 1.66. The van der Waals surface area contributed by atoms with Crippen LogP contribution >= 0.6 is 9.69 Å². The van der Waals surface area contributed by atoms with Crippen LogP contribution in [0.4, 0.5) is 0 Å². The van der Waals surface area contributed by atoms with Gasteiger partial charge in [0, 0.05) is 0 Å². The zero-order chi connectivity index (χ0) is 10.1. The second-order valence-corrected chi connectivity index (χ2v) is 9.23. The van der Waals surface area contributed by atoms with Gasteiger partial charge in [0.15, 0.2) is 0 Å². The van der Waals surface area contributed by atoms with E-state index in [9.17, 15) is 9.59 Å². The van der Waals surface area contributed by atoms with E-state index in [1.165, 1.54) is 0 Å². The molecule has 5 heteroatoms. The second kappa shape index (κ2) is 3.73. The molecule has 1 aromatic heterocycles. The van der Waals surface area contributed by atoms with Crippen LogP contribution in [0.25, 0.3) is 0 Å². The molecule has 1 heterocycles. The number of halogens is 1. The van der Waals surface area contributed by atoms with Crippen molar-refractivity contribution in [2.45, 2.75) is 13.8 Å². The van der Waals surface area contributed by atoms with Crippen LogP contribution in [0.5, 0.6) is 0 Å². The van der Waals surface area contributed by atoms with Gasteiger partial charge in [-0.05, 0) is 0 Å². The molecule has 3 nitrogen and oxygen atoms in total. The Balaban J connectivity index is 3.34. The van der Waals surface area contributed by atoms with Crippen molar-refractivity contribution in [3.8, 4) is 0 Å². The number of aromatic nitrogens is 1. The first-order valence-corrected chi connectivity index (χ1v) is 8.55. The summed E-state index contributed by atoms with van der Waals surface area (Å²) >= 11 is -3.42. The fourth-order valence-corrected chi connectivity index (χ4v) is 4.84. The fourth-order valence-electron chi connectivity index (χ4n) is 1.12. The van der Waals surface area contributed by atoms with E-state index in [1.54, 1.807) is 3.31 Å². The van der Waals surface area contributed by atoms with Gasteiger partial charge in [-0.2, -0.15) is 0 Å². The molecular formula is C8H10ClNO2Ru. The zero-order valence-electron chi connectivity index (χ0n) is 7.30. The Bertz CT molecular complexity index is 320. The first-order valence-electron chi connectivity index (χ1n) is 3.53. The molecule has 0 amide bonds. The Morgan fingerprint density at radius 2 is 1.62 bits per heavy atom. The quantitative estimate of drug-likeness (QED) is 0.625. The predicted octanol–water partition coefficient (Wildman–Crippen LogP) is 1.56. The van der Waals surface area contributed by atoms with Crippen molar-refractivity contribution in [1.82, 2.24) is 3.31 Å². The minimum atomic E-state index is -3.42. The summed E-state index contributed by atoms with van der Waals surface area (Å²) in [6.45, 7) is 3.66. The fraction of sp³-hybridized carbons (Fsp3) is 0.250. The third-order valence-corrected chi connectivity index (χ3v) is 6.66. The Morgan fingerprint density at radius 3 is 1.92 bits per heavy atom. The summed E-state index contributed by atoms with van der Waals surface area (Å²) in [5, 5.41) is 0. The van der Waals surface area contributed by atoms with Crippen LogP contribution in [-0.2, 0) is 23.6 Å². The van der Waals surface area contributed by atoms with Crippen molar-refractivity contribution in [1.29, 1.82) is 0 Å². The molecule has 0 N–H and O–H groups in total. The average Bonchev–Trinajstić information content (AvgIpc) is 2.46. The van der Waals surface area contributed by atoms with Crippen molar-refractivity contribution in [3.63, 3.8) is 0 Å². The van der Waals surface area contributed by atoms with Gasteiger partial charge in [-0.25, -0.2) is 0 Å². The Hall–Kier alpha value is -0.467. The molecule has 0 aliphatic heterocycles. The Labute approximate surface area is 83.8 Å². The van der Waals surface area contributed by atoms with Crippen LogP contribution < -0.4 is 0 Å². The molecule has 0 aliphatic carbocycles. The van der Waals surface area contributed by atoms with Gasteiger partial charge in [0.05, 0.1) is 0 Å². The summed E-state index contributed by atoms with van der Waals surface area (Å²) in [5.41, 5.74) is 1.72. The van der Waals surface area contributed by atoms with E-state index in [0.717, 1.165) is 11.4 Å². The number of aryl methyl sites for hydroxylation is 2. The first-order chi connectivity index (χ1) is 6.05. The van der Waals surface area contributed by atoms with Crippen molar-refractivity contribution >= 4 is 19.5 Å². The van der Waals surface area contributed by atoms with Gasteiger partial charge in [0.25, 0.3) is 0 Å². The molecule has 13 heavy (non-hydrogen) atoms. The van der Waals surface area contributed by atoms with Gasteiger partial charge in [0.2, 0.25) is 0 Å². The SMILES string of the molecule is Cc1ccc(C)[n]1[Ru]([Cl])([CH]=O)[CH]=O. The van der Waals surface area contributed by atoms with E-state index >= 15 is 0 Å². The molecular weight excluding hydrogens is 279 g/mol.